The van der Waals surface area contributed by atoms with Crippen LogP contribution in [0.25, 0.3) is 0 Å². The Labute approximate surface area is 143 Å². The zero-order valence-electron chi connectivity index (χ0n) is 14.6. The molecule has 0 bridgehead atoms. The van der Waals surface area contributed by atoms with Crippen LogP contribution in [0.5, 0.6) is 11.5 Å². The molecule has 0 spiro atoms. The summed E-state index contributed by atoms with van der Waals surface area (Å²) in [7, 11) is 3.70. The summed E-state index contributed by atoms with van der Waals surface area (Å²) in [5.74, 6) is 0.616. The van der Waals surface area contributed by atoms with Gasteiger partial charge in [-0.2, -0.15) is 0 Å². The molecule has 5 nitrogen and oxygen atoms in total. The molecule has 5 heteroatoms. The predicted molar refractivity (Wildman–Crippen MR) is 91.9 cm³/mol. The summed E-state index contributed by atoms with van der Waals surface area (Å²) in [5.41, 5.74) is 0.0617. The summed E-state index contributed by atoms with van der Waals surface area (Å²) in [5, 5.41) is 9.90. The van der Waals surface area contributed by atoms with Crippen LogP contribution in [-0.2, 0) is 10.2 Å². The number of likely N-dealkylation sites (tertiary alicyclic amines) is 1. The standard InChI is InChI=1S/C19H27NO4/c1-20-11-8-15(13-20)24-17-12-14(6-7-16(17)23-2)19(18(21)22)9-4-3-5-10-19/h6-7,12,15H,3-5,8-11,13H2,1-2H3,(H,21,22). The molecule has 1 aliphatic heterocycles. The number of aliphatic carboxylic acids is 1. The van der Waals surface area contributed by atoms with Gasteiger partial charge in [0, 0.05) is 13.1 Å². The minimum atomic E-state index is -0.783. The molecule has 1 heterocycles. The first-order chi connectivity index (χ1) is 11.5. The van der Waals surface area contributed by atoms with Crippen molar-refractivity contribution in [3.05, 3.63) is 23.8 Å². The number of carbonyl (C=O) groups is 1. The highest BCUT2D eigenvalue weighted by Gasteiger charge is 2.41. The van der Waals surface area contributed by atoms with Crippen molar-refractivity contribution in [3.8, 4) is 11.5 Å². The van der Waals surface area contributed by atoms with Gasteiger partial charge in [-0.15, -0.1) is 0 Å². The molecule has 2 aliphatic rings. The van der Waals surface area contributed by atoms with E-state index in [0.717, 1.165) is 44.3 Å². The van der Waals surface area contributed by atoms with Crippen molar-refractivity contribution in [1.82, 2.24) is 4.90 Å². The van der Waals surface area contributed by atoms with Crippen LogP contribution in [0.2, 0.25) is 0 Å². The summed E-state index contributed by atoms with van der Waals surface area (Å²) in [6.07, 6.45) is 5.53. The van der Waals surface area contributed by atoms with Gasteiger partial charge in [-0.05, 0) is 44.0 Å². The van der Waals surface area contributed by atoms with Gasteiger partial charge in [0.05, 0.1) is 12.5 Å². The molecule has 3 rings (SSSR count). The zero-order chi connectivity index (χ0) is 17.2. The maximum absolute atomic E-state index is 12.1. The lowest BCUT2D eigenvalue weighted by Crippen LogP contribution is -2.37. The number of hydrogen-bond donors (Lipinski definition) is 1. The van der Waals surface area contributed by atoms with Crippen LogP contribution in [0.3, 0.4) is 0 Å². The third kappa shape index (κ3) is 3.22. The average Bonchev–Trinajstić information content (AvgIpc) is 3.00. The number of rotatable bonds is 5. The highest BCUT2D eigenvalue weighted by atomic mass is 16.5. The third-order valence-corrected chi connectivity index (χ3v) is 5.47. The first-order valence-corrected chi connectivity index (χ1v) is 8.82. The Kier molecular flexibility index (Phi) is 4.99. The van der Waals surface area contributed by atoms with Gasteiger partial charge in [-0.25, -0.2) is 0 Å². The van der Waals surface area contributed by atoms with Gasteiger partial charge in [-0.3, -0.25) is 4.79 Å². The van der Waals surface area contributed by atoms with Crippen LogP contribution >= 0.6 is 0 Å². The van der Waals surface area contributed by atoms with Crippen molar-refractivity contribution in [2.45, 2.75) is 50.0 Å². The maximum Gasteiger partial charge on any atom is 0.314 e. The molecule has 1 N–H and O–H groups in total. The predicted octanol–water partition coefficient (Wildman–Crippen LogP) is 3.06. The number of nitrogens with zero attached hydrogens (tertiary/aromatic N) is 1. The Morgan fingerprint density at radius 3 is 2.58 bits per heavy atom. The lowest BCUT2D eigenvalue weighted by molar-refractivity contribution is -0.145. The highest BCUT2D eigenvalue weighted by molar-refractivity contribution is 5.82. The number of methoxy groups -OCH3 is 1. The number of carboxylic acid groups (broad SMARTS) is 1. The molecule has 1 unspecified atom stereocenters. The first-order valence-electron chi connectivity index (χ1n) is 8.82. The van der Waals surface area contributed by atoms with Crippen molar-refractivity contribution in [3.63, 3.8) is 0 Å². The molecule has 1 saturated heterocycles. The molecule has 1 saturated carbocycles. The third-order valence-electron chi connectivity index (χ3n) is 5.47. The number of benzene rings is 1. The van der Waals surface area contributed by atoms with Crippen molar-refractivity contribution in [2.24, 2.45) is 0 Å². The normalized spacial score (nSPS) is 23.8. The number of carboxylic acids is 1. The van der Waals surface area contributed by atoms with Crippen molar-refractivity contribution in [2.75, 3.05) is 27.2 Å². The second kappa shape index (κ2) is 7.01. The SMILES string of the molecule is COc1ccc(C2(C(=O)O)CCCCC2)cc1OC1CCN(C)C1. The van der Waals surface area contributed by atoms with Crippen LogP contribution in [0.1, 0.15) is 44.1 Å². The van der Waals surface area contributed by atoms with E-state index >= 15 is 0 Å². The molecule has 2 fully saturated rings. The van der Waals surface area contributed by atoms with Crippen LogP contribution < -0.4 is 9.47 Å². The van der Waals surface area contributed by atoms with Gasteiger partial charge in [0.15, 0.2) is 11.5 Å². The fourth-order valence-electron chi connectivity index (χ4n) is 4.02. The molecular weight excluding hydrogens is 306 g/mol. The van der Waals surface area contributed by atoms with Gasteiger partial charge in [0.1, 0.15) is 6.10 Å². The summed E-state index contributed by atoms with van der Waals surface area (Å²) >= 11 is 0. The van der Waals surface area contributed by atoms with E-state index in [-0.39, 0.29) is 6.10 Å². The van der Waals surface area contributed by atoms with E-state index < -0.39 is 11.4 Å². The smallest absolute Gasteiger partial charge is 0.314 e. The van der Waals surface area contributed by atoms with Crippen molar-refractivity contribution < 1.29 is 19.4 Å². The molecule has 1 atom stereocenters. The zero-order valence-corrected chi connectivity index (χ0v) is 14.6. The lowest BCUT2D eigenvalue weighted by Gasteiger charge is -2.34. The molecule has 132 valence electrons. The molecule has 1 aromatic carbocycles. The van der Waals surface area contributed by atoms with Crippen molar-refractivity contribution in [1.29, 1.82) is 0 Å². The van der Waals surface area contributed by atoms with Crippen LogP contribution in [0.15, 0.2) is 18.2 Å². The molecule has 0 aromatic heterocycles. The van der Waals surface area contributed by atoms with Crippen molar-refractivity contribution >= 4 is 5.97 Å². The van der Waals surface area contributed by atoms with E-state index in [9.17, 15) is 9.90 Å². The summed E-state index contributed by atoms with van der Waals surface area (Å²) in [4.78, 5) is 14.3. The van der Waals surface area contributed by atoms with Crippen LogP contribution in [-0.4, -0.2) is 49.3 Å². The minimum absolute atomic E-state index is 0.131. The summed E-state index contributed by atoms with van der Waals surface area (Å²) in [6, 6.07) is 5.64. The van der Waals surface area contributed by atoms with E-state index in [2.05, 4.69) is 11.9 Å². The fraction of sp³-hybridized carbons (Fsp3) is 0.632. The highest BCUT2D eigenvalue weighted by Crippen LogP contribution is 2.43. The quantitative estimate of drug-likeness (QED) is 0.897. The second-order valence-electron chi connectivity index (χ2n) is 7.10. The van der Waals surface area contributed by atoms with Gasteiger partial charge < -0.3 is 19.5 Å². The monoisotopic (exact) mass is 333 g/mol. The Hall–Kier alpha value is -1.75. The molecule has 1 aliphatic carbocycles. The molecule has 0 amide bonds. The van der Waals surface area contributed by atoms with Gasteiger partial charge in [-0.1, -0.05) is 25.3 Å². The topological polar surface area (TPSA) is 59.0 Å². The number of ether oxygens (including phenoxy) is 2. The Bertz CT molecular complexity index is 595. The Balaban J connectivity index is 1.91. The first kappa shape index (κ1) is 17.1. The number of hydrogen-bond acceptors (Lipinski definition) is 4. The van der Waals surface area contributed by atoms with Crippen LogP contribution in [0.4, 0.5) is 0 Å². The maximum atomic E-state index is 12.1. The molecular formula is C19H27NO4. The van der Waals surface area contributed by atoms with E-state index in [4.69, 9.17) is 9.47 Å². The minimum Gasteiger partial charge on any atom is -0.493 e. The Morgan fingerprint density at radius 1 is 1.25 bits per heavy atom. The van der Waals surface area contributed by atoms with E-state index in [1.165, 1.54) is 0 Å². The van der Waals surface area contributed by atoms with Crippen LogP contribution in [0, 0.1) is 0 Å². The number of likely N-dealkylation sites (N-methyl/N-ethyl adjacent to an activating group) is 1. The van der Waals surface area contributed by atoms with E-state index in [0.29, 0.717) is 24.3 Å². The summed E-state index contributed by atoms with van der Waals surface area (Å²) < 4.78 is 11.6. The average molecular weight is 333 g/mol. The van der Waals surface area contributed by atoms with E-state index in [1.807, 2.05) is 18.2 Å². The molecule has 1 aromatic rings. The fourth-order valence-corrected chi connectivity index (χ4v) is 4.02. The summed E-state index contributed by atoms with van der Waals surface area (Å²) in [6.45, 7) is 1.91. The largest absolute Gasteiger partial charge is 0.493 e. The van der Waals surface area contributed by atoms with Gasteiger partial charge >= 0.3 is 5.97 Å². The van der Waals surface area contributed by atoms with Gasteiger partial charge in [0.25, 0.3) is 0 Å². The Morgan fingerprint density at radius 2 is 2.00 bits per heavy atom. The van der Waals surface area contributed by atoms with E-state index in [1.54, 1.807) is 7.11 Å². The van der Waals surface area contributed by atoms with Gasteiger partial charge in [0.2, 0.25) is 0 Å². The molecule has 0 radical (unpaired) electrons. The molecule has 24 heavy (non-hydrogen) atoms. The second-order valence-corrected chi connectivity index (χ2v) is 7.10. The lowest BCUT2D eigenvalue weighted by atomic mass is 9.69.